The van der Waals surface area contributed by atoms with E-state index in [1.807, 2.05) is 12.1 Å². The Morgan fingerprint density at radius 1 is 1.44 bits per heavy atom. The van der Waals surface area contributed by atoms with Crippen LogP contribution in [-0.4, -0.2) is 21.9 Å². The number of rotatable bonds is 5. The molecule has 96 valence electrons. The molecular weight excluding hydrogens is 314 g/mol. The van der Waals surface area contributed by atoms with Crippen LogP contribution in [0.4, 0.5) is 5.69 Å². The fourth-order valence-corrected chi connectivity index (χ4v) is 2.43. The van der Waals surface area contributed by atoms with Gasteiger partial charge in [-0.15, -0.1) is 11.6 Å². The van der Waals surface area contributed by atoms with Crippen LogP contribution in [0.1, 0.15) is 19.8 Å². The van der Waals surface area contributed by atoms with E-state index >= 15 is 0 Å². The smallest absolute Gasteiger partial charge is 0.112 e. The Hall–Kier alpha value is -0.870. The van der Waals surface area contributed by atoms with Gasteiger partial charge in [0.15, 0.2) is 0 Å². The highest BCUT2D eigenvalue weighted by Crippen LogP contribution is 2.23. The highest BCUT2D eigenvalue weighted by Gasteiger charge is 2.09. The largest absolute Gasteiger partial charge is 0.380 e. The summed E-state index contributed by atoms with van der Waals surface area (Å²) in [6.45, 7) is 2.15. The summed E-state index contributed by atoms with van der Waals surface area (Å²) in [7, 11) is 0. The monoisotopic (exact) mass is 327 g/mol. The van der Waals surface area contributed by atoms with Crippen LogP contribution in [0.3, 0.4) is 0 Å². The number of aromatic nitrogens is 2. The highest BCUT2D eigenvalue weighted by atomic mass is 79.9. The summed E-state index contributed by atoms with van der Waals surface area (Å²) in [6, 6.07) is 4.30. The van der Waals surface area contributed by atoms with Crippen LogP contribution in [0, 0.1) is 0 Å². The van der Waals surface area contributed by atoms with Crippen molar-refractivity contribution < 1.29 is 0 Å². The van der Waals surface area contributed by atoms with Gasteiger partial charge in [0, 0.05) is 28.8 Å². The Labute approximate surface area is 120 Å². The number of hydrogen-bond acceptors (Lipinski definition) is 3. The Kier molecular flexibility index (Phi) is 4.78. The average Bonchev–Trinajstić information content (AvgIpc) is 2.38. The molecule has 0 spiro atoms. The molecule has 3 nitrogen and oxygen atoms in total. The molecule has 0 aliphatic rings. The van der Waals surface area contributed by atoms with Crippen molar-refractivity contribution in [3.05, 3.63) is 29.0 Å². The van der Waals surface area contributed by atoms with Gasteiger partial charge in [0.25, 0.3) is 0 Å². The Morgan fingerprint density at radius 2 is 2.28 bits per heavy atom. The minimum absolute atomic E-state index is 0.374. The summed E-state index contributed by atoms with van der Waals surface area (Å²) < 4.78 is 0.937. The number of halogens is 2. The van der Waals surface area contributed by atoms with Gasteiger partial charge in [-0.1, -0.05) is 6.92 Å². The first kappa shape index (κ1) is 13.6. The molecule has 5 heteroatoms. The van der Waals surface area contributed by atoms with Crippen LogP contribution in [0.15, 0.2) is 29.0 Å². The van der Waals surface area contributed by atoms with Gasteiger partial charge in [0.1, 0.15) is 5.52 Å². The van der Waals surface area contributed by atoms with Crippen molar-refractivity contribution in [3.63, 3.8) is 0 Å². The van der Waals surface area contributed by atoms with E-state index in [4.69, 9.17) is 11.6 Å². The second-order valence-electron chi connectivity index (χ2n) is 4.11. The maximum absolute atomic E-state index is 5.81. The fourth-order valence-electron chi connectivity index (χ4n) is 1.85. The molecule has 2 aromatic rings. The first-order valence-electron chi connectivity index (χ1n) is 5.97. The maximum atomic E-state index is 5.81. The second-order valence-corrected chi connectivity index (χ2v) is 5.40. The molecule has 0 aromatic carbocycles. The van der Waals surface area contributed by atoms with Gasteiger partial charge < -0.3 is 5.32 Å². The van der Waals surface area contributed by atoms with Gasteiger partial charge in [-0.05, 0) is 40.9 Å². The van der Waals surface area contributed by atoms with Crippen molar-refractivity contribution >= 4 is 44.3 Å². The van der Waals surface area contributed by atoms with Crippen molar-refractivity contribution in [2.45, 2.75) is 25.8 Å². The lowest BCUT2D eigenvalue weighted by atomic mass is 10.1. The molecule has 2 aromatic heterocycles. The van der Waals surface area contributed by atoms with E-state index in [1.54, 1.807) is 12.4 Å². The third-order valence-corrected chi connectivity index (χ3v) is 3.51. The quantitative estimate of drug-likeness (QED) is 0.835. The summed E-state index contributed by atoms with van der Waals surface area (Å²) in [5.41, 5.74) is 2.80. The fraction of sp³-hybridized carbons (Fsp3) is 0.385. The van der Waals surface area contributed by atoms with Crippen molar-refractivity contribution in [1.29, 1.82) is 0 Å². The van der Waals surface area contributed by atoms with Crippen LogP contribution in [-0.2, 0) is 0 Å². The average molecular weight is 329 g/mol. The molecule has 0 bridgehead atoms. The normalized spacial score (nSPS) is 12.6. The number of nitrogens with one attached hydrogen (secondary N) is 1. The first-order chi connectivity index (χ1) is 8.74. The zero-order valence-corrected chi connectivity index (χ0v) is 12.5. The zero-order chi connectivity index (χ0) is 13.0. The number of anilines is 1. The summed E-state index contributed by atoms with van der Waals surface area (Å²) >= 11 is 9.21. The van der Waals surface area contributed by atoms with E-state index in [0.29, 0.717) is 11.9 Å². The van der Waals surface area contributed by atoms with Crippen molar-refractivity contribution in [3.8, 4) is 0 Å². The molecule has 2 heterocycles. The SMILES string of the molecule is CCC(CCCl)Nc1ccnc2cc(Br)cnc12. The number of pyridine rings is 2. The van der Waals surface area contributed by atoms with Gasteiger partial charge in [-0.2, -0.15) is 0 Å². The van der Waals surface area contributed by atoms with Crippen LogP contribution >= 0.6 is 27.5 Å². The molecule has 0 radical (unpaired) electrons. The van der Waals surface area contributed by atoms with Gasteiger partial charge >= 0.3 is 0 Å². The van der Waals surface area contributed by atoms with Crippen molar-refractivity contribution in [2.24, 2.45) is 0 Å². The molecule has 0 saturated carbocycles. The molecule has 1 N–H and O–H groups in total. The number of hydrogen-bond donors (Lipinski definition) is 1. The van der Waals surface area contributed by atoms with Crippen LogP contribution < -0.4 is 5.32 Å². The maximum Gasteiger partial charge on any atom is 0.112 e. The van der Waals surface area contributed by atoms with E-state index in [2.05, 4.69) is 38.1 Å². The van der Waals surface area contributed by atoms with Crippen molar-refractivity contribution in [1.82, 2.24) is 9.97 Å². The number of nitrogens with zero attached hydrogens (tertiary/aromatic N) is 2. The molecule has 1 atom stereocenters. The predicted molar refractivity (Wildman–Crippen MR) is 80.3 cm³/mol. The van der Waals surface area contributed by atoms with Gasteiger partial charge in [-0.3, -0.25) is 9.97 Å². The Morgan fingerprint density at radius 3 is 3.00 bits per heavy atom. The van der Waals surface area contributed by atoms with Crippen LogP contribution in [0.2, 0.25) is 0 Å². The predicted octanol–water partition coefficient (Wildman–Crippen LogP) is 4.21. The summed E-state index contributed by atoms with van der Waals surface area (Å²) in [6.07, 6.45) is 5.56. The topological polar surface area (TPSA) is 37.8 Å². The van der Waals surface area contributed by atoms with Crippen LogP contribution in [0.5, 0.6) is 0 Å². The molecular formula is C13H15BrClN3. The molecule has 0 aliphatic carbocycles. The lowest BCUT2D eigenvalue weighted by molar-refractivity contribution is 0.676. The lowest BCUT2D eigenvalue weighted by Crippen LogP contribution is -2.19. The second kappa shape index (κ2) is 6.34. The van der Waals surface area contributed by atoms with Gasteiger partial charge in [0.2, 0.25) is 0 Å². The first-order valence-corrected chi connectivity index (χ1v) is 7.30. The minimum atomic E-state index is 0.374. The Balaban J connectivity index is 2.32. The molecule has 0 fully saturated rings. The van der Waals surface area contributed by atoms with E-state index < -0.39 is 0 Å². The Bertz CT molecular complexity index is 533. The third kappa shape index (κ3) is 3.12. The molecule has 0 amide bonds. The molecule has 0 saturated heterocycles. The zero-order valence-electron chi connectivity index (χ0n) is 10.2. The van der Waals surface area contributed by atoms with E-state index in [9.17, 15) is 0 Å². The van der Waals surface area contributed by atoms with E-state index in [1.165, 1.54) is 0 Å². The minimum Gasteiger partial charge on any atom is -0.380 e. The van der Waals surface area contributed by atoms with E-state index in [0.717, 1.165) is 34.0 Å². The number of alkyl halides is 1. The van der Waals surface area contributed by atoms with Gasteiger partial charge in [0.05, 0.1) is 11.2 Å². The highest BCUT2D eigenvalue weighted by molar-refractivity contribution is 9.10. The third-order valence-electron chi connectivity index (χ3n) is 2.85. The molecule has 0 aliphatic heterocycles. The van der Waals surface area contributed by atoms with Gasteiger partial charge in [-0.25, -0.2) is 0 Å². The summed E-state index contributed by atoms with van der Waals surface area (Å²) in [4.78, 5) is 8.75. The van der Waals surface area contributed by atoms with Crippen LogP contribution in [0.25, 0.3) is 11.0 Å². The summed E-state index contributed by atoms with van der Waals surface area (Å²) in [5.74, 6) is 0.660. The van der Waals surface area contributed by atoms with E-state index in [-0.39, 0.29) is 0 Å². The van der Waals surface area contributed by atoms with Crippen molar-refractivity contribution in [2.75, 3.05) is 11.2 Å². The lowest BCUT2D eigenvalue weighted by Gasteiger charge is -2.17. The molecule has 18 heavy (non-hydrogen) atoms. The molecule has 1 unspecified atom stereocenters. The standard InChI is InChI=1S/C13H15BrClN3/c1-2-10(3-5-15)18-11-4-6-16-12-7-9(14)8-17-13(11)12/h4,6-8,10H,2-3,5H2,1H3,(H,16,18). The summed E-state index contributed by atoms with van der Waals surface area (Å²) in [5, 5.41) is 3.49. The number of fused-ring (bicyclic) bond motifs is 1. The molecule has 2 rings (SSSR count).